The van der Waals surface area contributed by atoms with Crippen molar-refractivity contribution in [1.82, 2.24) is 4.98 Å². The van der Waals surface area contributed by atoms with E-state index in [2.05, 4.69) is 10.3 Å². The van der Waals surface area contributed by atoms with Crippen molar-refractivity contribution < 1.29 is 9.53 Å². The number of rotatable bonds is 1. The fourth-order valence-electron chi connectivity index (χ4n) is 1.79. The van der Waals surface area contributed by atoms with Crippen LogP contribution in [-0.4, -0.2) is 18.1 Å². The monoisotopic (exact) mass is 258 g/mol. The van der Waals surface area contributed by atoms with Gasteiger partial charge in [0, 0.05) is 17.3 Å². The molecule has 1 aromatic heterocycles. The molecule has 2 heterocycles. The maximum absolute atomic E-state index is 11.5. The lowest BCUT2D eigenvalue weighted by molar-refractivity contribution is 0.0600. The van der Waals surface area contributed by atoms with Gasteiger partial charge in [-0.3, -0.25) is 4.98 Å². The molecule has 0 radical (unpaired) electrons. The van der Waals surface area contributed by atoms with Crippen LogP contribution >= 0.6 is 11.8 Å². The van der Waals surface area contributed by atoms with E-state index in [4.69, 9.17) is 4.74 Å². The van der Waals surface area contributed by atoms with Gasteiger partial charge >= 0.3 is 5.97 Å². The number of aromatic nitrogens is 1. The summed E-state index contributed by atoms with van der Waals surface area (Å²) in [6.07, 6.45) is 3.56. The number of pyridine rings is 1. The zero-order valence-electron chi connectivity index (χ0n) is 9.64. The maximum Gasteiger partial charge on any atom is 0.337 e. The highest BCUT2D eigenvalue weighted by Crippen LogP contribution is 2.43. The summed E-state index contributed by atoms with van der Waals surface area (Å²) < 4.78 is 4.71. The third kappa shape index (κ3) is 1.82. The molecule has 0 atom stereocenters. The Kier molecular flexibility index (Phi) is 2.68. The summed E-state index contributed by atoms with van der Waals surface area (Å²) in [4.78, 5) is 17.7. The first-order valence-electron chi connectivity index (χ1n) is 5.39. The van der Waals surface area contributed by atoms with Gasteiger partial charge < -0.3 is 10.1 Å². The van der Waals surface area contributed by atoms with Gasteiger partial charge in [-0.05, 0) is 24.3 Å². The van der Waals surface area contributed by atoms with Gasteiger partial charge in [0.05, 0.1) is 28.9 Å². The predicted molar refractivity (Wildman–Crippen MR) is 69.4 cm³/mol. The van der Waals surface area contributed by atoms with Gasteiger partial charge in [0.1, 0.15) is 0 Å². The van der Waals surface area contributed by atoms with Gasteiger partial charge in [0.25, 0.3) is 0 Å². The van der Waals surface area contributed by atoms with Gasteiger partial charge in [0.2, 0.25) is 0 Å². The Bertz CT molecular complexity index is 628. The van der Waals surface area contributed by atoms with E-state index >= 15 is 0 Å². The second kappa shape index (κ2) is 4.34. The molecule has 0 spiro atoms. The van der Waals surface area contributed by atoms with Gasteiger partial charge in [-0.15, -0.1) is 0 Å². The zero-order valence-corrected chi connectivity index (χ0v) is 10.5. The minimum absolute atomic E-state index is 0.329. The average Bonchev–Trinajstić information content (AvgIpc) is 2.43. The van der Waals surface area contributed by atoms with Crippen molar-refractivity contribution in [3.8, 4) is 0 Å². The van der Waals surface area contributed by atoms with Crippen molar-refractivity contribution in [3.05, 3.63) is 42.2 Å². The van der Waals surface area contributed by atoms with Gasteiger partial charge in [-0.25, -0.2) is 4.79 Å². The second-order valence-electron chi connectivity index (χ2n) is 3.80. The summed E-state index contributed by atoms with van der Waals surface area (Å²) in [7, 11) is 1.38. The van der Waals surface area contributed by atoms with E-state index in [0.717, 1.165) is 21.2 Å². The van der Waals surface area contributed by atoms with E-state index in [-0.39, 0.29) is 5.97 Å². The third-order valence-corrected chi connectivity index (χ3v) is 3.80. The van der Waals surface area contributed by atoms with E-state index < -0.39 is 0 Å². The summed E-state index contributed by atoms with van der Waals surface area (Å²) in [6, 6.07) is 7.39. The number of methoxy groups -OCH3 is 1. The number of hydrogen-bond donors (Lipinski definition) is 1. The molecular formula is C13H10N2O2S. The third-order valence-electron chi connectivity index (χ3n) is 2.67. The summed E-state index contributed by atoms with van der Waals surface area (Å²) in [5.74, 6) is -0.329. The molecule has 18 heavy (non-hydrogen) atoms. The number of hydrogen-bond acceptors (Lipinski definition) is 5. The molecule has 90 valence electrons. The van der Waals surface area contributed by atoms with Gasteiger partial charge in [-0.2, -0.15) is 0 Å². The van der Waals surface area contributed by atoms with Crippen molar-refractivity contribution in [2.45, 2.75) is 9.79 Å². The van der Waals surface area contributed by atoms with Crippen LogP contribution < -0.4 is 5.32 Å². The first-order chi connectivity index (χ1) is 8.78. The molecular weight excluding hydrogens is 248 g/mol. The van der Waals surface area contributed by atoms with Gasteiger partial charge in [-0.1, -0.05) is 11.8 Å². The van der Waals surface area contributed by atoms with Crippen molar-refractivity contribution >= 4 is 29.1 Å². The minimum atomic E-state index is -0.329. The zero-order chi connectivity index (χ0) is 12.5. The first-order valence-corrected chi connectivity index (χ1v) is 6.21. The van der Waals surface area contributed by atoms with Crippen LogP contribution in [0.1, 0.15) is 10.4 Å². The Labute approximate surface area is 108 Å². The van der Waals surface area contributed by atoms with E-state index in [9.17, 15) is 4.79 Å². The fraction of sp³-hybridized carbons (Fsp3) is 0.0769. The van der Waals surface area contributed by atoms with E-state index in [1.54, 1.807) is 30.1 Å². The normalized spacial score (nSPS) is 12.1. The highest BCUT2D eigenvalue weighted by molar-refractivity contribution is 7.99. The Morgan fingerprint density at radius 1 is 1.28 bits per heavy atom. The van der Waals surface area contributed by atoms with Crippen LogP contribution in [0.25, 0.3) is 0 Å². The average molecular weight is 258 g/mol. The number of carbonyl (C=O) groups excluding carboxylic acids is 1. The summed E-state index contributed by atoms with van der Waals surface area (Å²) in [5, 5.41) is 3.29. The Morgan fingerprint density at radius 3 is 3.00 bits per heavy atom. The molecule has 3 rings (SSSR count). The Morgan fingerprint density at radius 2 is 2.17 bits per heavy atom. The smallest absolute Gasteiger partial charge is 0.337 e. The molecule has 4 nitrogen and oxygen atoms in total. The molecule has 1 N–H and O–H groups in total. The van der Waals surface area contributed by atoms with Crippen LogP contribution in [0.2, 0.25) is 0 Å². The standard InChI is InChI=1S/C13H10N2O2S/c1-17-13(16)8-2-3-11-10(6-8)15-9-4-5-14-7-12(9)18-11/h2-7,15H,1H3. The predicted octanol–water partition coefficient (Wildman–Crippen LogP) is 3.08. The highest BCUT2D eigenvalue weighted by atomic mass is 32.2. The van der Waals surface area contributed by atoms with Crippen LogP contribution in [0.3, 0.4) is 0 Å². The molecule has 2 aromatic rings. The maximum atomic E-state index is 11.5. The van der Waals surface area contributed by atoms with Crippen LogP contribution in [-0.2, 0) is 4.74 Å². The topological polar surface area (TPSA) is 51.2 Å². The quantitative estimate of drug-likeness (QED) is 0.680. The molecule has 0 fully saturated rings. The van der Waals surface area contributed by atoms with Crippen LogP contribution in [0.4, 0.5) is 11.4 Å². The van der Waals surface area contributed by atoms with Gasteiger partial charge in [0.15, 0.2) is 0 Å². The molecule has 1 aromatic carbocycles. The SMILES string of the molecule is COC(=O)c1ccc2c(c1)Nc1ccncc1S2. The molecule has 0 bridgehead atoms. The number of anilines is 2. The molecule has 5 heteroatoms. The molecule has 0 saturated carbocycles. The van der Waals surface area contributed by atoms with E-state index in [0.29, 0.717) is 5.56 Å². The van der Waals surface area contributed by atoms with Crippen molar-refractivity contribution in [2.24, 2.45) is 0 Å². The highest BCUT2D eigenvalue weighted by Gasteiger charge is 2.17. The molecule has 1 aliphatic rings. The van der Waals surface area contributed by atoms with Crippen molar-refractivity contribution in [3.63, 3.8) is 0 Å². The lowest BCUT2D eigenvalue weighted by atomic mass is 10.2. The lowest BCUT2D eigenvalue weighted by Gasteiger charge is -2.20. The van der Waals surface area contributed by atoms with Crippen molar-refractivity contribution in [1.29, 1.82) is 0 Å². The minimum Gasteiger partial charge on any atom is -0.465 e. The van der Waals surface area contributed by atoms with E-state index in [1.807, 2.05) is 18.3 Å². The molecule has 0 saturated heterocycles. The van der Waals surface area contributed by atoms with E-state index in [1.165, 1.54) is 7.11 Å². The fourth-order valence-corrected chi connectivity index (χ4v) is 2.73. The number of nitrogens with zero attached hydrogens (tertiary/aromatic N) is 1. The number of fused-ring (bicyclic) bond motifs is 2. The largest absolute Gasteiger partial charge is 0.465 e. The molecule has 0 amide bonds. The first kappa shape index (κ1) is 11.1. The van der Waals surface area contributed by atoms with Crippen LogP contribution in [0.15, 0.2) is 46.5 Å². The Balaban J connectivity index is 2.01. The number of esters is 1. The molecule has 0 aliphatic carbocycles. The van der Waals surface area contributed by atoms with Crippen LogP contribution in [0.5, 0.6) is 0 Å². The molecule has 0 unspecified atom stereocenters. The number of ether oxygens (including phenoxy) is 1. The number of carbonyl (C=O) groups is 1. The summed E-state index contributed by atoms with van der Waals surface area (Å²) in [6.45, 7) is 0. The Hall–Kier alpha value is -2.01. The van der Waals surface area contributed by atoms with Crippen LogP contribution in [0, 0.1) is 0 Å². The summed E-state index contributed by atoms with van der Waals surface area (Å²) in [5.41, 5.74) is 2.47. The second-order valence-corrected chi connectivity index (χ2v) is 4.89. The number of nitrogens with one attached hydrogen (secondary N) is 1. The number of benzene rings is 1. The van der Waals surface area contributed by atoms with Crippen molar-refractivity contribution in [2.75, 3.05) is 12.4 Å². The summed E-state index contributed by atoms with van der Waals surface area (Å²) >= 11 is 1.63. The molecule has 1 aliphatic heterocycles. The lowest BCUT2D eigenvalue weighted by Crippen LogP contribution is -2.05.